The molecule has 1 fully saturated rings. The fourth-order valence-corrected chi connectivity index (χ4v) is 3.96. The van der Waals surface area contributed by atoms with Crippen LogP contribution in [0.15, 0.2) is 71.9 Å². The molecule has 2 aromatic carbocycles. The number of hydrogen-bond donors (Lipinski definition) is 0. The summed E-state index contributed by atoms with van der Waals surface area (Å²) in [5.74, 6) is 1.70. The van der Waals surface area contributed by atoms with Crippen LogP contribution in [-0.4, -0.2) is 50.9 Å². The Kier molecular flexibility index (Phi) is 5.74. The van der Waals surface area contributed by atoms with Gasteiger partial charge in [0.2, 0.25) is 0 Å². The first-order chi connectivity index (χ1) is 14.4. The Morgan fingerprint density at radius 3 is 2.13 bits per heavy atom. The molecule has 6 nitrogen and oxygen atoms in total. The summed E-state index contributed by atoms with van der Waals surface area (Å²) in [6, 6.07) is 19.2. The predicted molar refractivity (Wildman–Crippen MR) is 115 cm³/mol. The van der Waals surface area contributed by atoms with Gasteiger partial charge in [0.1, 0.15) is 17.6 Å². The Hall–Kier alpha value is -2.90. The molecule has 7 heteroatoms. The maximum absolute atomic E-state index is 11.5. The molecular formula is C23H24N2O4S. The van der Waals surface area contributed by atoms with E-state index in [2.05, 4.69) is 22.0 Å². The third-order valence-corrected chi connectivity index (χ3v) is 6.10. The van der Waals surface area contributed by atoms with E-state index in [4.69, 9.17) is 9.47 Å². The zero-order valence-electron chi connectivity index (χ0n) is 17.0. The molecule has 0 aliphatic carbocycles. The van der Waals surface area contributed by atoms with Crippen molar-refractivity contribution >= 4 is 9.84 Å². The third-order valence-electron chi connectivity index (χ3n) is 5.10. The van der Waals surface area contributed by atoms with E-state index in [1.807, 2.05) is 36.4 Å². The molecule has 0 atom stereocenters. The number of nitrogens with zero attached hydrogens (tertiary/aromatic N) is 2. The van der Waals surface area contributed by atoms with E-state index in [0.29, 0.717) is 0 Å². The van der Waals surface area contributed by atoms with Gasteiger partial charge in [0.25, 0.3) is 0 Å². The van der Waals surface area contributed by atoms with E-state index in [-0.39, 0.29) is 11.1 Å². The summed E-state index contributed by atoms with van der Waals surface area (Å²) in [5.41, 5.74) is 3.09. The van der Waals surface area contributed by atoms with Crippen LogP contribution in [0.3, 0.4) is 0 Å². The Balaban J connectivity index is 1.29. The summed E-state index contributed by atoms with van der Waals surface area (Å²) in [6.07, 6.45) is 2.92. The molecular weight excluding hydrogens is 400 g/mol. The minimum absolute atomic E-state index is 0.0791. The fourth-order valence-electron chi connectivity index (χ4n) is 3.40. The van der Waals surface area contributed by atoms with Crippen LogP contribution < -0.4 is 9.47 Å². The van der Waals surface area contributed by atoms with Crippen LogP contribution in [0.1, 0.15) is 5.56 Å². The van der Waals surface area contributed by atoms with Gasteiger partial charge in [-0.25, -0.2) is 13.4 Å². The van der Waals surface area contributed by atoms with Crippen molar-refractivity contribution in [2.75, 3.05) is 26.5 Å². The Morgan fingerprint density at radius 1 is 0.933 bits per heavy atom. The molecule has 30 heavy (non-hydrogen) atoms. The highest BCUT2D eigenvalue weighted by Gasteiger charge is 2.28. The molecule has 3 aromatic rings. The van der Waals surface area contributed by atoms with Crippen LogP contribution in [0.2, 0.25) is 0 Å². The van der Waals surface area contributed by atoms with Crippen molar-refractivity contribution in [1.82, 2.24) is 9.88 Å². The lowest BCUT2D eigenvalue weighted by Gasteiger charge is -2.39. The Bertz CT molecular complexity index is 1090. The number of rotatable bonds is 7. The molecule has 0 radical (unpaired) electrons. The molecule has 0 amide bonds. The van der Waals surface area contributed by atoms with E-state index in [9.17, 15) is 8.42 Å². The molecule has 0 saturated carbocycles. The number of aromatic nitrogens is 1. The molecule has 1 aromatic heterocycles. The van der Waals surface area contributed by atoms with Crippen LogP contribution >= 0.6 is 0 Å². The number of methoxy groups -OCH3 is 1. The average molecular weight is 425 g/mol. The molecule has 0 N–H and O–H groups in total. The highest BCUT2D eigenvalue weighted by atomic mass is 32.2. The van der Waals surface area contributed by atoms with Crippen LogP contribution in [0.25, 0.3) is 11.1 Å². The maximum Gasteiger partial charge on any atom is 0.192 e. The number of hydrogen-bond acceptors (Lipinski definition) is 6. The average Bonchev–Trinajstić information content (AvgIpc) is 2.73. The first-order valence-corrected chi connectivity index (χ1v) is 11.6. The van der Waals surface area contributed by atoms with Gasteiger partial charge in [0.15, 0.2) is 14.9 Å². The van der Waals surface area contributed by atoms with E-state index in [1.165, 1.54) is 11.6 Å². The van der Waals surface area contributed by atoms with Crippen molar-refractivity contribution in [2.24, 2.45) is 0 Å². The topological polar surface area (TPSA) is 68.7 Å². The normalized spacial score (nSPS) is 14.9. The lowest BCUT2D eigenvalue weighted by Crippen LogP contribution is -2.53. The van der Waals surface area contributed by atoms with Gasteiger partial charge in [0, 0.05) is 37.7 Å². The Morgan fingerprint density at radius 2 is 1.57 bits per heavy atom. The van der Waals surface area contributed by atoms with Crippen molar-refractivity contribution in [1.29, 1.82) is 0 Å². The van der Waals surface area contributed by atoms with E-state index in [1.54, 1.807) is 19.4 Å². The standard InChI is InChI=1S/C23H24N2O4S/c1-28-20-8-3-17(4-9-20)14-25-15-22(16-25)29-21-10-5-18(6-11-21)19-7-12-23(24-13-19)30(2,26)27/h3-13,22H,14-16H2,1-2H3. The van der Waals surface area contributed by atoms with Gasteiger partial charge < -0.3 is 9.47 Å². The summed E-state index contributed by atoms with van der Waals surface area (Å²) >= 11 is 0. The first-order valence-electron chi connectivity index (χ1n) is 9.69. The molecule has 0 unspecified atom stereocenters. The first kappa shape index (κ1) is 20.4. The van der Waals surface area contributed by atoms with Crippen molar-refractivity contribution in [3.8, 4) is 22.6 Å². The second-order valence-electron chi connectivity index (χ2n) is 7.46. The number of sulfone groups is 1. The van der Waals surface area contributed by atoms with Gasteiger partial charge in [0.05, 0.1) is 7.11 Å². The number of benzene rings is 2. The van der Waals surface area contributed by atoms with Gasteiger partial charge in [-0.05, 0) is 47.5 Å². The smallest absolute Gasteiger partial charge is 0.192 e. The molecule has 156 valence electrons. The third kappa shape index (κ3) is 4.80. The van der Waals surface area contributed by atoms with Crippen molar-refractivity contribution in [3.63, 3.8) is 0 Å². The zero-order valence-corrected chi connectivity index (χ0v) is 17.8. The number of pyridine rings is 1. The lowest BCUT2D eigenvalue weighted by atomic mass is 10.1. The van der Waals surface area contributed by atoms with E-state index >= 15 is 0 Å². The minimum Gasteiger partial charge on any atom is -0.497 e. The summed E-state index contributed by atoms with van der Waals surface area (Å²) in [6.45, 7) is 2.69. The van der Waals surface area contributed by atoms with Gasteiger partial charge in [-0.3, -0.25) is 4.90 Å². The predicted octanol–water partition coefficient (Wildman–Crippen LogP) is 3.42. The van der Waals surface area contributed by atoms with Crippen LogP contribution in [0.4, 0.5) is 0 Å². The van der Waals surface area contributed by atoms with Crippen LogP contribution in [0, 0.1) is 0 Å². The second-order valence-corrected chi connectivity index (χ2v) is 9.43. The largest absolute Gasteiger partial charge is 0.497 e. The molecule has 2 heterocycles. The molecule has 0 spiro atoms. The highest BCUT2D eigenvalue weighted by molar-refractivity contribution is 7.90. The Labute approximate surface area is 177 Å². The summed E-state index contributed by atoms with van der Waals surface area (Å²) < 4.78 is 34.3. The zero-order chi connectivity index (χ0) is 21.1. The van der Waals surface area contributed by atoms with Gasteiger partial charge in [-0.1, -0.05) is 24.3 Å². The van der Waals surface area contributed by atoms with Crippen molar-refractivity contribution in [3.05, 3.63) is 72.4 Å². The summed E-state index contributed by atoms with van der Waals surface area (Å²) in [4.78, 5) is 6.38. The fraction of sp³-hybridized carbons (Fsp3) is 0.261. The van der Waals surface area contributed by atoms with Crippen LogP contribution in [0.5, 0.6) is 11.5 Å². The van der Waals surface area contributed by atoms with Gasteiger partial charge >= 0.3 is 0 Å². The maximum atomic E-state index is 11.5. The number of ether oxygens (including phenoxy) is 2. The molecule has 4 rings (SSSR count). The highest BCUT2D eigenvalue weighted by Crippen LogP contribution is 2.25. The van der Waals surface area contributed by atoms with Crippen molar-refractivity contribution < 1.29 is 17.9 Å². The SMILES string of the molecule is COc1ccc(CN2CC(Oc3ccc(-c4ccc(S(C)(=O)=O)nc4)cc3)C2)cc1. The van der Waals surface area contributed by atoms with E-state index in [0.717, 1.165) is 48.5 Å². The molecule has 1 aliphatic heterocycles. The second kappa shape index (κ2) is 8.45. The minimum atomic E-state index is -3.29. The van der Waals surface area contributed by atoms with E-state index < -0.39 is 9.84 Å². The quantitative estimate of drug-likeness (QED) is 0.579. The molecule has 1 aliphatic rings. The summed E-state index contributed by atoms with van der Waals surface area (Å²) in [5, 5.41) is 0.0791. The monoisotopic (exact) mass is 424 g/mol. The van der Waals surface area contributed by atoms with Crippen molar-refractivity contribution in [2.45, 2.75) is 17.7 Å². The number of likely N-dealkylation sites (tertiary alicyclic amines) is 1. The lowest BCUT2D eigenvalue weighted by molar-refractivity contribution is 0.0146. The van der Waals surface area contributed by atoms with Gasteiger partial charge in [-0.2, -0.15) is 0 Å². The van der Waals surface area contributed by atoms with Crippen LogP contribution in [-0.2, 0) is 16.4 Å². The summed E-state index contributed by atoms with van der Waals surface area (Å²) in [7, 11) is -1.62. The molecule has 1 saturated heterocycles. The molecule has 0 bridgehead atoms. The van der Waals surface area contributed by atoms with Gasteiger partial charge in [-0.15, -0.1) is 0 Å².